The van der Waals surface area contributed by atoms with Gasteiger partial charge in [0.1, 0.15) is 11.5 Å². The lowest BCUT2D eigenvalue weighted by molar-refractivity contribution is -0.140. The topological polar surface area (TPSA) is 134 Å². The zero-order valence-corrected chi connectivity index (χ0v) is 19.9. The molecule has 2 aromatic rings. The number of sulfonamides is 1. The van der Waals surface area contributed by atoms with E-state index in [0.29, 0.717) is 18.8 Å². The van der Waals surface area contributed by atoms with Crippen molar-refractivity contribution < 1.29 is 37.7 Å². The number of amides is 1. The molecule has 186 valence electrons. The first kappa shape index (κ1) is 24.9. The van der Waals surface area contributed by atoms with Gasteiger partial charge in [-0.3, -0.25) is 9.59 Å². The fraction of sp³-hybridized carbons (Fsp3) is 0.333. The first-order valence-electron chi connectivity index (χ1n) is 11.0. The molecule has 0 bridgehead atoms. The maximum atomic E-state index is 13.0. The van der Waals surface area contributed by atoms with Crippen molar-refractivity contribution in [2.45, 2.75) is 10.9 Å². The van der Waals surface area contributed by atoms with Crippen molar-refractivity contribution in [3.63, 3.8) is 0 Å². The number of rotatable bonds is 7. The number of phenolic OH excluding ortho intramolecular Hbond substituents is 1. The van der Waals surface area contributed by atoms with E-state index in [-0.39, 0.29) is 48.0 Å². The molecule has 35 heavy (non-hydrogen) atoms. The van der Waals surface area contributed by atoms with Crippen LogP contribution in [-0.2, 0) is 29.1 Å². The van der Waals surface area contributed by atoms with Crippen LogP contribution >= 0.6 is 0 Å². The lowest BCUT2D eigenvalue weighted by atomic mass is 9.95. The number of aliphatic hydroxyl groups excluding tert-OH is 1. The average Bonchev–Trinajstić information content (AvgIpc) is 3.13. The molecule has 2 aliphatic heterocycles. The monoisotopic (exact) mass is 502 g/mol. The minimum atomic E-state index is -3.73. The summed E-state index contributed by atoms with van der Waals surface area (Å²) in [5.74, 6) is -2.05. The lowest BCUT2D eigenvalue weighted by Crippen LogP contribution is -2.40. The minimum Gasteiger partial charge on any atom is -0.508 e. The van der Waals surface area contributed by atoms with Crippen molar-refractivity contribution in [2.24, 2.45) is 0 Å². The zero-order valence-electron chi connectivity index (χ0n) is 19.1. The van der Waals surface area contributed by atoms with E-state index in [1.54, 1.807) is 12.1 Å². The maximum absolute atomic E-state index is 13.0. The van der Waals surface area contributed by atoms with Gasteiger partial charge in [0, 0.05) is 32.3 Å². The number of carbonyl (C=O) groups excluding carboxylic acids is 2. The molecule has 0 aromatic heterocycles. The van der Waals surface area contributed by atoms with Crippen LogP contribution in [0.2, 0.25) is 0 Å². The predicted molar refractivity (Wildman–Crippen MR) is 125 cm³/mol. The van der Waals surface area contributed by atoms with Crippen molar-refractivity contribution in [3.8, 4) is 5.75 Å². The molecule has 0 spiro atoms. The summed E-state index contributed by atoms with van der Waals surface area (Å²) < 4.78 is 37.4. The van der Waals surface area contributed by atoms with E-state index in [2.05, 4.69) is 0 Å². The SMILES string of the molecule is COCCN1C(=O)C(=O)C(=C(O)c2ccc(S(=O)(=O)N3CCOCC3)cc2)[C@@H]1c1ccc(O)cc1. The van der Waals surface area contributed by atoms with Gasteiger partial charge in [-0.25, -0.2) is 8.42 Å². The standard InChI is InChI=1S/C24H26N2O8S/c1-33-13-12-26-21(16-2-6-18(27)7-3-16)20(23(29)24(26)30)22(28)17-4-8-19(9-5-17)35(31,32)25-10-14-34-15-11-25/h2-9,21,27-28H,10-15H2,1H3/t21-/m0/s1. The Morgan fingerprint density at radius 1 is 1.06 bits per heavy atom. The zero-order chi connectivity index (χ0) is 25.2. The van der Waals surface area contributed by atoms with Gasteiger partial charge in [0.25, 0.3) is 11.7 Å². The number of phenols is 1. The third-order valence-corrected chi connectivity index (χ3v) is 7.93. The smallest absolute Gasteiger partial charge is 0.295 e. The Kier molecular flexibility index (Phi) is 7.22. The molecule has 1 amide bonds. The number of aromatic hydroxyl groups is 1. The van der Waals surface area contributed by atoms with E-state index >= 15 is 0 Å². The van der Waals surface area contributed by atoms with Crippen LogP contribution in [0.15, 0.2) is 59.0 Å². The molecule has 2 heterocycles. The van der Waals surface area contributed by atoms with Crippen molar-refractivity contribution >= 4 is 27.5 Å². The average molecular weight is 503 g/mol. The fourth-order valence-corrected chi connectivity index (χ4v) is 5.59. The molecule has 4 rings (SSSR count). The molecular formula is C24H26N2O8S. The summed E-state index contributed by atoms with van der Waals surface area (Å²) in [4.78, 5) is 27.1. The Balaban J connectivity index is 1.73. The van der Waals surface area contributed by atoms with E-state index < -0.39 is 33.5 Å². The van der Waals surface area contributed by atoms with E-state index in [0.717, 1.165) is 0 Å². The van der Waals surface area contributed by atoms with Gasteiger partial charge in [0.05, 0.1) is 36.3 Å². The Morgan fingerprint density at radius 3 is 2.29 bits per heavy atom. The second-order valence-electron chi connectivity index (χ2n) is 8.12. The van der Waals surface area contributed by atoms with Crippen molar-refractivity contribution in [2.75, 3.05) is 46.6 Å². The van der Waals surface area contributed by atoms with Crippen molar-refractivity contribution in [1.29, 1.82) is 0 Å². The van der Waals surface area contributed by atoms with Gasteiger partial charge in [-0.2, -0.15) is 4.31 Å². The molecule has 0 aliphatic carbocycles. The number of methoxy groups -OCH3 is 1. The van der Waals surface area contributed by atoms with Crippen LogP contribution in [0.4, 0.5) is 0 Å². The van der Waals surface area contributed by atoms with Crippen LogP contribution in [0.3, 0.4) is 0 Å². The molecule has 0 unspecified atom stereocenters. The first-order chi connectivity index (χ1) is 16.8. The number of ketones is 1. The third kappa shape index (κ3) is 4.80. The van der Waals surface area contributed by atoms with E-state index in [1.165, 1.54) is 52.7 Å². The fourth-order valence-electron chi connectivity index (χ4n) is 4.18. The molecule has 1 atom stereocenters. The normalized spacial score (nSPS) is 20.9. The van der Waals surface area contributed by atoms with Gasteiger partial charge in [-0.15, -0.1) is 0 Å². The summed E-state index contributed by atoms with van der Waals surface area (Å²) >= 11 is 0. The number of benzene rings is 2. The van der Waals surface area contributed by atoms with E-state index in [9.17, 15) is 28.2 Å². The number of hydrogen-bond donors (Lipinski definition) is 2. The molecule has 2 aromatic carbocycles. The van der Waals surface area contributed by atoms with Crippen molar-refractivity contribution in [3.05, 3.63) is 65.2 Å². The molecular weight excluding hydrogens is 476 g/mol. The maximum Gasteiger partial charge on any atom is 0.295 e. The summed E-state index contributed by atoms with van der Waals surface area (Å²) in [6.45, 7) is 1.43. The summed E-state index contributed by atoms with van der Waals surface area (Å²) in [5.41, 5.74) is 0.589. The molecule has 0 radical (unpaired) electrons. The highest BCUT2D eigenvalue weighted by Crippen LogP contribution is 2.39. The van der Waals surface area contributed by atoms with Gasteiger partial charge in [-0.1, -0.05) is 12.1 Å². The van der Waals surface area contributed by atoms with E-state index in [1.807, 2.05) is 0 Å². The number of aliphatic hydroxyl groups is 1. The molecule has 10 nitrogen and oxygen atoms in total. The van der Waals surface area contributed by atoms with E-state index in [4.69, 9.17) is 9.47 Å². The van der Waals surface area contributed by atoms with Crippen LogP contribution < -0.4 is 0 Å². The number of carbonyl (C=O) groups is 2. The predicted octanol–water partition coefficient (Wildman–Crippen LogP) is 1.48. The van der Waals surface area contributed by atoms with Crippen LogP contribution in [0.1, 0.15) is 17.2 Å². The molecule has 11 heteroatoms. The van der Waals surface area contributed by atoms with Crippen LogP contribution in [0.25, 0.3) is 5.76 Å². The molecule has 2 N–H and O–H groups in total. The van der Waals surface area contributed by atoms with Gasteiger partial charge in [-0.05, 0) is 42.0 Å². The number of morpholine rings is 1. The highest BCUT2D eigenvalue weighted by Gasteiger charge is 2.45. The Hall–Kier alpha value is -3.25. The summed E-state index contributed by atoms with van der Waals surface area (Å²) in [6.07, 6.45) is 0. The van der Waals surface area contributed by atoms with Gasteiger partial charge in [0.15, 0.2) is 0 Å². The molecule has 2 saturated heterocycles. The first-order valence-corrected chi connectivity index (χ1v) is 12.4. The minimum absolute atomic E-state index is 0.0136. The van der Waals surface area contributed by atoms with Gasteiger partial charge in [0.2, 0.25) is 10.0 Å². The Bertz CT molecular complexity index is 1230. The molecule has 2 aliphatic rings. The lowest BCUT2D eigenvalue weighted by Gasteiger charge is -2.26. The third-order valence-electron chi connectivity index (χ3n) is 6.02. The highest BCUT2D eigenvalue weighted by atomic mass is 32.2. The highest BCUT2D eigenvalue weighted by molar-refractivity contribution is 7.89. The summed E-state index contributed by atoms with van der Waals surface area (Å²) in [5, 5.41) is 20.8. The van der Waals surface area contributed by atoms with Crippen molar-refractivity contribution in [1.82, 2.24) is 9.21 Å². The quantitative estimate of drug-likeness (QED) is 0.330. The second-order valence-corrected chi connectivity index (χ2v) is 10.1. The Labute approximate surface area is 203 Å². The second kappa shape index (κ2) is 10.2. The largest absolute Gasteiger partial charge is 0.508 e. The number of ether oxygens (including phenoxy) is 2. The van der Waals surface area contributed by atoms with Gasteiger partial charge >= 0.3 is 0 Å². The number of likely N-dealkylation sites (tertiary alicyclic amines) is 1. The number of nitrogens with zero attached hydrogens (tertiary/aromatic N) is 2. The summed E-state index contributed by atoms with van der Waals surface area (Å²) in [6, 6.07) is 10.6. The molecule has 2 fully saturated rings. The number of Topliss-reactive ketones (excluding diaryl/α,β-unsaturated/α-hetero) is 1. The summed E-state index contributed by atoms with van der Waals surface area (Å²) in [7, 11) is -2.26. The molecule has 0 saturated carbocycles. The number of hydrogen-bond acceptors (Lipinski definition) is 8. The van der Waals surface area contributed by atoms with Crippen LogP contribution in [0.5, 0.6) is 5.75 Å². The van der Waals surface area contributed by atoms with Crippen LogP contribution in [0, 0.1) is 0 Å². The van der Waals surface area contributed by atoms with Crippen LogP contribution in [-0.4, -0.2) is 86.1 Å². The van der Waals surface area contributed by atoms with Gasteiger partial charge < -0.3 is 24.6 Å². The Morgan fingerprint density at radius 2 is 1.69 bits per heavy atom.